The van der Waals surface area contributed by atoms with Crippen molar-refractivity contribution in [2.75, 3.05) is 13.2 Å². The van der Waals surface area contributed by atoms with Crippen LogP contribution in [0, 0.1) is 0 Å². The second kappa shape index (κ2) is 5.22. The Balaban J connectivity index is 2.62. The monoisotopic (exact) mass is 218 g/mol. The van der Waals surface area contributed by atoms with Crippen LogP contribution in [-0.4, -0.2) is 57.9 Å². The van der Waals surface area contributed by atoms with Crippen LogP contribution in [0.2, 0.25) is 0 Å². The molecule has 1 aliphatic rings. The van der Waals surface area contributed by atoms with Crippen LogP contribution in [0.4, 0.5) is 0 Å². The van der Waals surface area contributed by atoms with Crippen LogP contribution in [-0.2, 0) is 9.53 Å². The summed E-state index contributed by atoms with van der Waals surface area (Å²) < 4.78 is 4.60. The van der Waals surface area contributed by atoms with E-state index in [1.54, 1.807) is 0 Å². The number of ether oxygens (including phenoxy) is 1. The third-order valence-electron chi connectivity index (χ3n) is 2.13. The van der Waals surface area contributed by atoms with Gasteiger partial charge in [0.2, 0.25) is 0 Å². The Morgan fingerprint density at radius 2 is 2.13 bits per heavy atom. The number of rotatable bonds is 3. The SMILES string of the molecule is O=C(OCCO)C1=CC(O)C(O)C(O)C1. The summed E-state index contributed by atoms with van der Waals surface area (Å²) in [5, 5.41) is 36.1. The van der Waals surface area contributed by atoms with E-state index in [2.05, 4.69) is 4.74 Å². The lowest BCUT2D eigenvalue weighted by atomic mass is 9.92. The molecule has 0 amide bonds. The number of aliphatic hydroxyl groups is 4. The molecule has 0 saturated heterocycles. The number of hydrogen-bond acceptors (Lipinski definition) is 6. The molecule has 6 nitrogen and oxygen atoms in total. The Morgan fingerprint density at radius 1 is 1.47 bits per heavy atom. The Morgan fingerprint density at radius 3 is 2.67 bits per heavy atom. The lowest BCUT2D eigenvalue weighted by Gasteiger charge is -2.26. The topological polar surface area (TPSA) is 107 Å². The molecule has 0 aromatic rings. The lowest BCUT2D eigenvalue weighted by molar-refractivity contribution is -0.141. The zero-order valence-corrected chi connectivity index (χ0v) is 8.04. The van der Waals surface area contributed by atoms with Gasteiger partial charge >= 0.3 is 5.97 Å². The van der Waals surface area contributed by atoms with Crippen molar-refractivity contribution < 1.29 is 30.0 Å². The molecule has 0 saturated carbocycles. The quantitative estimate of drug-likeness (QED) is 0.406. The predicted octanol–water partition coefficient (Wildman–Crippen LogP) is -2.07. The van der Waals surface area contributed by atoms with E-state index in [1.807, 2.05) is 0 Å². The maximum absolute atomic E-state index is 11.2. The van der Waals surface area contributed by atoms with Gasteiger partial charge in [-0.1, -0.05) is 0 Å². The first kappa shape index (κ1) is 12.1. The molecule has 0 radical (unpaired) electrons. The van der Waals surface area contributed by atoms with Gasteiger partial charge in [-0.05, 0) is 6.08 Å². The normalized spacial score (nSPS) is 30.9. The molecule has 4 N–H and O–H groups in total. The fraction of sp³-hybridized carbons (Fsp3) is 0.667. The van der Waals surface area contributed by atoms with E-state index in [-0.39, 0.29) is 25.2 Å². The first-order chi connectivity index (χ1) is 7.06. The van der Waals surface area contributed by atoms with Gasteiger partial charge in [-0.25, -0.2) is 4.79 Å². The molecule has 3 atom stereocenters. The summed E-state index contributed by atoms with van der Waals surface area (Å²) in [6.45, 7) is -0.419. The maximum atomic E-state index is 11.2. The number of esters is 1. The van der Waals surface area contributed by atoms with Crippen molar-refractivity contribution in [3.63, 3.8) is 0 Å². The van der Waals surface area contributed by atoms with Crippen molar-refractivity contribution in [2.24, 2.45) is 0 Å². The molecule has 6 heteroatoms. The highest BCUT2D eigenvalue weighted by Gasteiger charge is 2.31. The summed E-state index contributed by atoms with van der Waals surface area (Å²) in [5.74, 6) is -0.700. The van der Waals surface area contributed by atoms with Gasteiger partial charge < -0.3 is 25.2 Å². The van der Waals surface area contributed by atoms with E-state index in [0.717, 1.165) is 6.08 Å². The van der Waals surface area contributed by atoms with Crippen molar-refractivity contribution in [1.29, 1.82) is 0 Å². The van der Waals surface area contributed by atoms with E-state index in [4.69, 9.17) is 5.11 Å². The van der Waals surface area contributed by atoms with Crippen molar-refractivity contribution in [2.45, 2.75) is 24.7 Å². The van der Waals surface area contributed by atoms with Gasteiger partial charge in [0.1, 0.15) is 18.8 Å². The molecule has 86 valence electrons. The van der Waals surface area contributed by atoms with Gasteiger partial charge in [0.05, 0.1) is 12.7 Å². The zero-order valence-electron chi connectivity index (χ0n) is 8.04. The molecule has 0 bridgehead atoms. The van der Waals surface area contributed by atoms with Crippen molar-refractivity contribution in [3.05, 3.63) is 11.6 Å². The van der Waals surface area contributed by atoms with Gasteiger partial charge in [0.15, 0.2) is 0 Å². The highest BCUT2D eigenvalue weighted by molar-refractivity contribution is 5.88. The summed E-state index contributed by atoms with van der Waals surface area (Å²) in [6, 6.07) is 0. The molecule has 0 fully saturated rings. The summed E-state index contributed by atoms with van der Waals surface area (Å²) in [7, 11) is 0. The number of aliphatic hydroxyl groups excluding tert-OH is 4. The van der Waals surface area contributed by atoms with Gasteiger partial charge in [-0.3, -0.25) is 0 Å². The molecule has 15 heavy (non-hydrogen) atoms. The van der Waals surface area contributed by atoms with E-state index >= 15 is 0 Å². The van der Waals surface area contributed by atoms with Crippen molar-refractivity contribution in [1.82, 2.24) is 0 Å². The van der Waals surface area contributed by atoms with E-state index < -0.39 is 24.3 Å². The second-order valence-electron chi connectivity index (χ2n) is 3.30. The summed E-state index contributed by atoms with van der Waals surface area (Å²) in [5.41, 5.74) is 0.105. The Bertz CT molecular complexity index is 261. The van der Waals surface area contributed by atoms with Crippen LogP contribution >= 0.6 is 0 Å². The molecule has 0 spiro atoms. The Hall–Kier alpha value is -0.950. The van der Waals surface area contributed by atoms with E-state index in [9.17, 15) is 20.1 Å². The fourth-order valence-corrected chi connectivity index (χ4v) is 1.33. The van der Waals surface area contributed by atoms with Crippen molar-refractivity contribution >= 4 is 5.97 Å². The molecule has 1 aliphatic carbocycles. The largest absolute Gasteiger partial charge is 0.460 e. The third-order valence-corrected chi connectivity index (χ3v) is 2.13. The molecular formula is C9H14O6. The molecule has 0 aliphatic heterocycles. The van der Waals surface area contributed by atoms with Gasteiger partial charge in [-0.2, -0.15) is 0 Å². The Labute approximate surface area is 86.4 Å². The standard InChI is InChI=1S/C9H14O6/c10-1-2-15-9(14)5-3-6(11)8(13)7(12)4-5/h3,6-8,10-13H,1-2,4H2. The van der Waals surface area contributed by atoms with E-state index in [0.29, 0.717) is 0 Å². The third kappa shape index (κ3) is 3.00. The minimum Gasteiger partial charge on any atom is -0.460 e. The number of hydrogen-bond donors (Lipinski definition) is 4. The van der Waals surface area contributed by atoms with Crippen LogP contribution in [0.15, 0.2) is 11.6 Å². The first-order valence-corrected chi connectivity index (χ1v) is 4.59. The zero-order chi connectivity index (χ0) is 11.4. The maximum Gasteiger partial charge on any atom is 0.333 e. The number of carbonyl (C=O) groups is 1. The first-order valence-electron chi connectivity index (χ1n) is 4.59. The van der Waals surface area contributed by atoms with Crippen LogP contribution in [0.5, 0.6) is 0 Å². The van der Waals surface area contributed by atoms with Crippen LogP contribution < -0.4 is 0 Å². The van der Waals surface area contributed by atoms with Crippen molar-refractivity contribution in [3.8, 4) is 0 Å². The number of carbonyl (C=O) groups excluding carboxylic acids is 1. The summed E-state index contributed by atoms with van der Waals surface area (Å²) in [4.78, 5) is 11.2. The average Bonchev–Trinajstić information content (AvgIpc) is 2.21. The molecular weight excluding hydrogens is 204 g/mol. The van der Waals surface area contributed by atoms with Gasteiger partial charge in [0.25, 0.3) is 0 Å². The highest BCUT2D eigenvalue weighted by Crippen LogP contribution is 2.20. The fourth-order valence-electron chi connectivity index (χ4n) is 1.33. The van der Waals surface area contributed by atoms with Crippen LogP contribution in [0.1, 0.15) is 6.42 Å². The minimum atomic E-state index is -1.28. The smallest absolute Gasteiger partial charge is 0.333 e. The predicted molar refractivity (Wildman–Crippen MR) is 48.8 cm³/mol. The molecule has 0 aromatic heterocycles. The summed E-state index contributed by atoms with van der Waals surface area (Å²) >= 11 is 0. The highest BCUT2D eigenvalue weighted by atomic mass is 16.5. The Kier molecular flexibility index (Phi) is 4.22. The van der Waals surface area contributed by atoms with Gasteiger partial charge in [-0.15, -0.1) is 0 Å². The lowest BCUT2D eigenvalue weighted by Crippen LogP contribution is -2.41. The second-order valence-corrected chi connectivity index (χ2v) is 3.30. The summed E-state index contributed by atoms with van der Waals surface area (Å²) in [6.07, 6.45) is -2.65. The minimum absolute atomic E-state index is 0.0670. The average molecular weight is 218 g/mol. The van der Waals surface area contributed by atoms with Crippen LogP contribution in [0.25, 0.3) is 0 Å². The molecule has 1 rings (SSSR count). The van der Waals surface area contributed by atoms with Crippen LogP contribution in [0.3, 0.4) is 0 Å². The molecule has 0 aromatic carbocycles. The molecule has 0 heterocycles. The van der Waals surface area contributed by atoms with E-state index in [1.165, 1.54) is 0 Å². The molecule has 3 unspecified atom stereocenters. The van der Waals surface area contributed by atoms with Gasteiger partial charge in [0, 0.05) is 12.0 Å².